The maximum absolute atomic E-state index is 5.94. The average Bonchev–Trinajstić information content (AvgIpc) is 3.01. The third kappa shape index (κ3) is 2.68. The van der Waals surface area contributed by atoms with Crippen LogP contribution in [0.3, 0.4) is 0 Å². The second-order valence-electron chi connectivity index (χ2n) is 7.24. The van der Waals surface area contributed by atoms with Crippen molar-refractivity contribution < 1.29 is 4.74 Å². The van der Waals surface area contributed by atoms with Gasteiger partial charge in [-0.3, -0.25) is 0 Å². The first-order chi connectivity index (χ1) is 12.6. The van der Waals surface area contributed by atoms with Crippen molar-refractivity contribution in [1.82, 2.24) is 0 Å². The minimum Gasteiger partial charge on any atom is -0.374 e. The van der Waals surface area contributed by atoms with Crippen LogP contribution < -0.4 is 0 Å². The minimum atomic E-state index is 0.0931. The molecule has 132 valence electrons. The summed E-state index contributed by atoms with van der Waals surface area (Å²) in [5, 5.41) is 0. The van der Waals surface area contributed by atoms with Gasteiger partial charge in [0.2, 0.25) is 0 Å². The molecule has 0 N–H and O–H groups in total. The Bertz CT molecular complexity index is 968. The van der Waals surface area contributed by atoms with Crippen LogP contribution >= 0.6 is 0 Å². The molecule has 0 heterocycles. The van der Waals surface area contributed by atoms with Gasteiger partial charge in [0, 0.05) is 6.61 Å². The zero-order valence-electron chi connectivity index (χ0n) is 16.1. The van der Waals surface area contributed by atoms with E-state index in [-0.39, 0.29) is 6.10 Å². The summed E-state index contributed by atoms with van der Waals surface area (Å²) >= 11 is 0. The van der Waals surface area contributed by atoms with E-state index in [1.807, 2.05) is 0 Å². The number of aryl methyl sites for hydroxylation is 1. The van der Waals surface area contributed by atoms with Gasteiger partial charge in [0.15, 0.2) is 0 Å². The van der Waals surface area contributed by atoms with E-state index in [0.29, 0.717) is 0 Å². The van der Waals surface area contributed by atoms with Gasteiger partial charge in [0.05, 0.1) is 6.10 Å². The van der Waals surface area contributed by atoms with E-state index < -0.39 is 0 Å². The Labute approximate surface area is 156 Å². The lowest BCUT2D eigenvalue weighted by atomic mass is 9.86. The Kier molecular flexibility index (Phi) is 4.42. The molecule has 0 saturated heterocycles. The van der Waals surface area contributed by atoms with Crippen LogP contribution in [0.2, 0.25) is 0 Å². The summed E-state index contributed by atoms with van der Waals surface area (Å²) in [5.74, 6) is 0. The van der Waals surface area contributed by atoms with Crippen molar-refractivity contribution in [3.8, 4) is 22.3 Å². The zero-order chi connectivity index (χ0) is 18.3. The van der Waals surface area contributed by atoms with Crippen molar-refractivity contribution in [2.45, 2.75) is 40.2 Å². The fourth-order valence-corrected chi connectivity index (χ4v) is 4.31. The minimum absolute atomic E-state index is 0.0931. The highest BCUT2D eigenvalue weighted by Gasteiger charge is 2.25. The third-order valence-corrected chi connectivity index (χ3v) is 5.71. The normalized spacial score (nSPS) is 13.4. The first-order valence-electron chi connectivity index (χ1n) is 9.54. The SMILES string of the molecule is CCOC(C)c1ccccc1-c1c(C)c(C)cc2c1Cc1ccccc1-2. The Morgan fingerprint density at radius 2 is 1.62 bits per heavy atom. The maximum Gasteiger partial charge on any atom is 0.0802 e. The molecule has 1 heteroatoms. The fraction of sp³-hybridized carbons (Fsp3) is 0.280. The quantitative estimate of drug-likeness (QED) is 0.404. The summed E-state index contributed by atoms with van der Waals surface area (Å²) in [6.07, 6.45) is 1.11. The van der Waals surface area contributed by atoms with Crippen LogP contribution in [0.4, 0.5) is 0 Å². The molecule has 1 atom stereocenters. The van der Waals surface area contributed by atoms with Gasteiger partial charge in [-0.25, -0.2) is 0 Å². The van der Waals surface area contributed by atoms with Crippen molar-refractivity contribution >= 4 is 0 Å². The van der Waals surface area contributed by atoms with Crippen molar-refractivity contribution in [2.75, 3.05) is 6.61 Å². The molecule has 1 aliphatic rings. The lowest BCUT2D eigenvalue weighted by Gasteiger charge is -2.21. The maximum atomic E-state index is 5.94. The van der Waals surface area contributed by atoms with Crippen LogP contribution in [0.25, 0.3) is 22.3 Å². The second-order valence-corrected chi connectivity index (χ2v) is 7.24. The first-order valence-corrected chi connectivity index (χ1v) is 9.54. The molecule has 26 heavy (non-hydrogen) atoms. The second kappa shape index (κ2) is 6.74. The van der Waals surface area contributed by atoms with Crippen LogP contribution in [-0.2, 0) is 11.2 Å². The molecule has 3 aromatic rings. The number of hydrogen-bond acceptors (Lipinski definition) is 1. The van der Waals surface area contributed by atoms with Crippen LogP contribution in [-0.4, -0.2) is 6.61 Å². The summed E-state index contributed by atoms with van der Waals surface area (Å²) in [4.78, 5) is 0. The van der Waals surface area contributed by atoms with Crippen molar-refractivity contribution in [3.63, 3.8) is 0 Å². The number of benzene rings is 3. The van der Waals surface area contributed by atoms with Gasteiger partial charge in [0.1, 0.15) is 0 Å². The molecule has 0 aromatic heterocycles. The molecule has 0 bridgehead atoms. The van der Waals surface area contributed by atoms with Gasteiger partial charge in [-0.2, -0.15) is 0 Å². The van der Waals surface area contributed by atoms with Gasteiger partial charge < -0.3 is 4.74 Å². The highest BCUT2D eigenvalue weighted by molar-refractivity contribution is 5.88. The highest BCUT2D eigenvalue weighted by atomic mass is 16.5. The molecule has 3 aromatic carbocycles. The molecular weight excluding hydrogens is 316 g/mol. The molecule has 0 spiro atoms. The lowest BCUT2D eigenvalue weighted by Crippen LogP contribution is -2.04. The van der Waals surface area contributed by atoms with E-state index in [0.717, 1.165) is 13.0 Å². The summed E-state index contributed by atoms with van der Waals surface area (Å²) < 4.78 is 5.94. The van der Waals surface area contributed by atoms with E-state index in [9.17, 15) is 0 Å². The largest absolute Gasteiger partial charge is 0.374 e. The Morgan fingerprint density at radius 3 is 2.38 bits per heavy atom. The van der Waals surface area contributed by atoms with Crippen LogP contribution in [0.5, 0.6) is 0 Å². The molecule has 0 amide bonds. The fourth-order valence-electron chi connectivity index (χ4n) is 4.31. The van der Waals surface area contributed by atoms with E-state index in [1.165, 1.54) is 50.1 Å². The van der Waals surface area contributed by atoms with Gasteiger partial charge >= 0.3 is 0 Å². The molecule has 0 aliphatic heterocycles. The van der Waals surface area contributed by atoms with Crippen molar-refractivity contribution in [1.29, 1.82) is 0 Å². The first kappa shape index (κ1) is 17.1. The van der Waals surface area contributed by atoms with Crippen LogP contribution in [0.15, 0.2) is 54.6 Å². The van der Waals surface area contributed by atoms with Gasteiger partial charge in [0.25, 0.3) is 0 Å². The molecular formula is C25H26O. The van der Waals surface area contributed by atoms with Gasteiger partial charge in [-0.1, -0.05) is 54.6 Å². The van der Waals surface area contributed by atoms with Crippen molar-refractivity contribution in [3.05, 3.63) is 82.4 Å². The Balaban J connectivity index is 1.97. The molecule has 0 saturated carbocycles. The highest BCUT2D eigenvalue weighted by Crippen LogP contribution is 2.45. The number of ether oxygens (including phenoxy) is 1. The van der Waals surface area contributed by atoms with Gasteiger partial charge in [-0.15, -0.1) is 0 Å². The third-order valence-electron chi connectivity index (χ3n) is 5.71. The Hall–Kier alpha value is -2.38. The summed E-state index contributed by atoms with van der Waals surface area (Å²) in [6.45, 7) is 9.43. The summed E-state index contributed by atoms with van der Waals surface area (Å²) in [5.41, 5.74) is 12.4. The van der Waals surface area contributed by atoms with Gasteiger partial charge in [-0.05, 0) is 84.2 Å². The monoisotopic (exact) mass is 342 g/mol. The summed E-state index contributed by atoms with van der Waals surface area (Å²) in [6, 6.07) is 19.9. The van der Waals surface area contributed by atoms with E-state index >= 15 is 0 Å². The van der Waals surface area contributed by atoms with E-state index in [1.54, 1.807) is 0 Å². The summed E-state index contributed by atoms with van der Waals surface area (Å²) in [7, 11) is 0. The molecule has 4 rings (SSSR count). The molecule has 1 nitrogen and oxygen atoms in total. The standard InChI is InChI=1S/C25H26O/c1-5-26-18(4)20-11-8-9-13-22(20)25-17(3)16(2)14-23-21-12-7-6-10-19(21)15-24(23)25/h6-14,18H,5,15H2,1-4H3. The lowest BCUT2D eigenvalue weighted by molar-refractivity contribution is 0.0768. The van der Waals surface area contributed by atoms with E-state index in [2.05, 4.69) is 82.3 Å². The molecule has 1 aliphatic carbocycles. The number of hydrogen-bond donors (Lipinski definition) is 0. The molecule has 0 fully saturated rings. The zero-order valence-corrected chi connectivity index (χ0v) is 16.1. The van der Waals surface area contributed by atoms with E-state index in [4.69, 9.17) is 4.74 Å². The van der Waals surface area contributed by atoms with Crippen LogP contribution in [0, 0.1) is 13.8 Å². The predicted octanol–water partition coefficient (Wildman–Crippen LogP) is 6.64. The number of fused-ring (bicyclic) bond motifs is 3. The Morgan fingerprint density at radius 1 is 0.923 bits per heavy atom. The van der Waals surface area contributed by atoms with Crippen LogP contribution in [0.1, 0.15) is 47.8 Å². The average molecular weight is 342 g/mol. The smallest absolute Gasteiger partial charge is 0.0802 e. The predicted molar refractivity (Wildman–Crippen MR) is 110 cm³/mol. The number of rotatable bonds is 4. The molecule has 0 radical (unpaired) electrons. The topological polar surface area (TPSA) is 9.23 Å². The van der Waals surface area contributed by atoms with Crippen molar-refractivity contribution in [2.24, 2.45) is 0 Å². The molecule has 1 unspecified atom stereocenters.